The molecule has 0 saturated heterocycles. The summed E-state index contributed by atoms with van der Waals surface area (Å²) in [6, 6.07) is 5.52. The van der Waals surface area contributed by atoms with Crippen molar-refractivity contribution >= 4 is 5.91 Å². The van der Waals surface area contributed by atoms with Crippen molar-refractivity contribution in [2.24, 2.45) is 11.5 Å². The summed E-state index contributed by atoms with van der Waals surface area (Å²) in [6.07, 6.45) is 5.16. The van der Waals surface area contributed by atoms with Crippen LogP contribution in [0.2, 0.25) is 0 Å². The lowest BCUT2D eigenvalue weighted by molar-refractivity contribution is 0.0995. The zero-order valence-corrected chi connectivity index (χ0v) is 10.8. The third-order valence-corrected chi connectivity index (χ3v) is 2.91. The van der Waals surface area contributed by atoms with Gasteiger partial charge in [0.05, 0.1) is 0 Å². The molecule has 0 aliphatic heterocycles. The number of aromatic nitrogens is 3. The van der Waals surface area contributed by atoms with Crippen molar-refractivity contribution < 1.29 is 4.79 Å². The maximum absolute atomic E-state index is 11.0. The Labute approximate surface area is 111 Å². The minimum absolute atomic E-state index is 0.152. The number of carbonyl (C=O) groups is 1. The largest absolute Gasteiger partial charge is 0.364 e. The Kier molecular flexibility index (Phi) is 3.91. The lowest BCUT2D eigenvalue weighted by Gasteiger charge is -2.08. The molecule has 100 valence electrons. The summed E-state index contributed by atoms with van der Waals surface area (Å²) in [4.78, 5) is 15.3. The van der Waals surface area contributed by atoms with Crippen LogP contribution in [-0.4, -0.2) is 26.7 Å². The Morgan fingerprint density at radius 3 is 2.74 bits per heavy atom. The molecule has 1 amide bonds. The molecule has 19 heavy (non-hydrogen) atoms. The summed E-state index contributed by atoms with van der Waals surface area (Å²) in [7, 11) is 0. The van der Waals surface area contributed by atoms with Crippen LogP contribution in [0.5, 0.6) is 0 Å². The second-order valence-electron chi connectivity index (χ2n) is 4.41. The van der Waals surface area contributed by atoms with Gasteiger partial charge in [0.2, 0.25) is 0 Å². The van der Waals surface area contributed by atoms with Gasteiger partial charge in [-0.05, 0) is 30.5 Å². The van der Waals surface area contributed by atoms with Crippen LogP contribution in [0.25, 0.3) is 5.82 Å². The standard InChI is InChI=1S/C13H17N5O/c1-2-10(14)7-9-3-4-12(16-8-9)18-6-5-11(17-18)13(15)19/h3-6,8,10H,2,7,14H2,1H3,(H2,15,19). The van der Waals surface area contributed by atoms with E-state index in [1.807, 2.05) is 12.1 Å². The molecule has 0 radical (unpaired) electrons. The fourth-order valence-electron chi connectivity index (χ4n) is 1.70. The van der Waals surface area contributed by atoms with Gasteiger partial charge in [-0.3, -0.25) is 4.79 Å². The molecule has 4 N–H and O–H groups in total. The first-order valence-corrected chi connectivity index (χ1v) is 6.16. The van der Waals surface area contributed by atoms with E-state index in [9.17, 15) is 4.79 Å². The van der Waals surface area contributed by atoms with Crippen LogP contribution in [0, 0.1) is 0 Å². The minimum atomic E-state index is -0.552. The zero-order valence-electron chi connectivity index (χ0n) is 10.8. The van der Waals surface area contributed by atoms with Gasteiger partial charge in [0.25, 0.3) is 5.91 Å². The molecule has 0 aromatic carbocycles. The highest BCUT2D eigenvalue weighted by molar-refractivity contribution is 5.90. The van der Waals surface area contributed by atoms with Crippen molar-refractivity contribution in [3.8, 4) is 5.82 Å². The molecule has 2 aromatic heterocycles. The lowest BCUT2D eigenvalue weighted by Crippen LogP contribution is -2.21. The van der Waals surface area contributed by atoms with E-state index >= 15 is 0 Å². The van der Waals surface area contributed by atoms with Crippen LogP contribution in [0.1, 0.15) is 29.4 Å². The number of rotatable bonds is 5. The third-order valence-electron chi connectivity index (χ3n) is 2.91. The zero-order chi connectivity index (χ0) is 13.8. The van der Waals surface area contributed by atoms with Crippen LogP contribution < -0.4 is 11.5 Å². The molecule has 2 aromatic rings. The summed E-state index contributed by atoms with van der Waals surface area (Å²) in [5.74, 6) is 0.0885. The van der Waals surface area contributed by atoms with Gasteiger partial charge in [0, 0.05) is 18.4 Å². The molecule has 6 heteroatoms. The normalized spacial score (nSPS) is 12.3. The highest BCUT2D eigenvalue weighted by Gasteiger charge is 2.07. The number of amides is 1. The molecule has 2 rings (SSSR count). The van der Waals surface area contributed by atoms with Gasteiger partial charge in [-0.2, -0.15) is 5.10 Å². The van der Waals surface area contributed by atoms with Crippen LogP contribution in [-0.2, 0) is 6.42 Å². The first kappa shape index (κ1) is 13.2. The average molecular weight is 259 g/mol. The number of primary amides is 1. The first-order chi connectivity index (χ1) is 9.10. The van der Waals surface area contributed by atoms with Gasteiger partial charge >= 0.3 is 0 Å². The van der Waals surface area contributed by atoms with Crippen molar-refractivity contribution in [2.45, 2.75) is 25.8 Å². The molecule has 0 aliphatic rings. The van der Waals surface area contributed by atoms with Crippen LogP contribution in [0.4, 0.5) is 0 Å². The Balaban J connectivity index is 2.15. The van der Waals surface area contributed by atoms with E-state index in [2.05, 4.69) is 17.0 Å². The van der Waals surface area contributed by atoms with Crippen molar-refractivity contribution in [2.75, 3.05) is 0 Å². The second kappa shape index (κ2) is 5.62. The van der Waals surface area contributed by atoms with Crippen molar-refractivity contribution in [1.82, 2.24) is 14.8 Å². The van der Waals surface area contributed by atoms with E-state index in [0.29, 0.717) is 5.82 Å². The number of nitrogens with zero attached hydrogens (tertiary/aromatic N) is 3. The molecule has 1 atom stereocenters. The smallest absolute Gasteiger partial charge is 0.269 e. The summed E-state index contributed by atoms with van der Waals surface area (Å²) >= 11 is 0. The van der Waals surface area contributed by atoms with E-state index in [1.54, 1.807) is 18.5 Å². The van der Waals surface area contributed by atoms with Gasteiger partial charge < -0.3 is 11.5 Å². The van der Waals surface area contributed by atoms with E-state index in [0.717, 1.165) is 18.4 Å². The first-order valence-electron chi connectivity index (χ1n) is 6.16. The van der Waals surface area contributed by atoms with E-state index in [1.165, 1.54) is 4.68 Å². The third kappa shape index (κ3) is 3.17. The molecular formula is C13H17N5O. The van der Waals surface area contributed by atoms with Gasteiger partial charge in [-0.1, -0.05) is 13.0 Å². The molecule has 6 nitrogen and oxygen atoms in total. The number of hydrogen-bond donors (Lipinski definition) is 2. The van der Waals surface area contributed by atoms with Gasteiger partial charge in [0.1, 0.15) is 5.69 Å². The molecule has 0 saturated carbocycles. The van der Waals surface area contributed by atoms with Gasteiger partial charge in [-0.15, -0.1) is 0 Å². The summed E-state index contributed by atoms with van der Waals surface area (Å²) in [5, 5.41) is 4.04. The number of carbonyl (C=O) groups excluding carboxylic acids is 1. The topological polar surface area (TPSA) is 99.8 Å². The van der Waals surface area contributed by atoms with Crippen molar-refractivity contribution in [3.63, 3.8) is 0 Å². The number of pyridine rings is 1. The van der Waals surface area contributed by atoms with Gasteiger partial charge in [0.15, 0.2) is 5.82 Å². The SMILES string of the molecule is CCC(N)Cc1ccc(-n2ccc(C(N)=O)n2)nc1. The van der Waals surface area contributed by atoms with Crippen molar-refractivity contribution in [3.05, 3.63) is 41.9 Å². The molecule has 0 aliphatic carbocycles. The summed E-state index contributed by atoms with van der Waals surface area (Å²) in [6.45, 7) is 2.06. The quantitative estimate of drug-likeness (QED) is 0.823. The van der Waals surface area contributed by atoms with Gasteiger partial charge in [-0.25, -0.2) is 9.67 Å². The van der Waals surface area contributed by atoms with E-state index in [-0.39, 0.29) is 11.7 Å². The Morgan fingerprint density at radius 1 is 1.42 bits per heavy atom. The predicted octanol–water partition coefficient (Wildman–Crippen LogP) is 0.646. The molecule has 0 spiro atoms. The molecule has 2 heterocycles. The van der Waals surface area contributed by atoms with Crippen LogP contribution in [0.15, 0.2) is 30.6 Å². The Hall–Kier alpha value is -2.21. The Morgan fingerprint density at radius 2 is 2.21 bits per heavy atom. The monoisotopic (exact) mass is 259 g/mol. The van der Waals surface area contributed by atoms with Crippen LogP contribution >= 0.6 is 0 Å². The predicted molar refractivity (Wildman–Crippen MR) is 71.8 cm³/mol. The molecule has 0 fully saturated rings. The minimum Gasteiger partial charge on any atom is -0.364 e. The number of nitrogens with two attached hydrogens (primary N) is 2. The fraction of sp³-hybridized carbons (Fsp3) is 0.308. The van der Waals surface area contributed by atoms with E-state index < -0.39 is 5.91 Å². The molecule has 0 bridgehead atoms. The lowest BCUT2D eigenvalue weighted by atomic mass is 10.1. The highest BCUT2D eigenvalue weighted by Crippen LogP contribution is 2.08. The Bertz CT molecular complexity index is 561. The van der Waals surface area contributed by atoms with Crippen LogP contribution in [0.3, 0.4) is 0 Å². The number of hydrogen-bond acceptors (Lipinski definition) is 4. The average Bonchev–Trinajstić information content (AvgIpc) is 2.89. The van der Waals surface area contributed by atoms with Crippen molar-refractivity contribution in [1.29, 1.82) is 0 Å². The van der Waals surface area contributed by atoms with E-state index in [4.69, 9.17) is 11.5 Å². The second-order valence-corrected chi connectivity index (χ2v) is 4.41. The maximum Gasteiger partial charge on any atom is 0.269 e. The molecular weight excluding hydrogens is 242 g/mol. The highest BCUT2D eigenvalue weighted by atomic mass is 16.1. The maximum atomic E-state index is 11.0. The summed E-state index contributed by atoms with van der Waals surface area (Å²) < 4.78 is 1.52. The summed E-state index contributed by atoms with van der Waals surface area (Å²) in [5.41, 5.74) is 12.3. The fourth-order valence-corrected chi connectivity index (χ4v) is 1.70. The molecule has 1 unspecified atom stereocenters.